The molecular weight excluding hydrogens is 405 g/mol. The first-order chi connectivity index (χ1) is 13.7. The molecule has 1 aromatic heterocycles. The Morgan fingerprint density at radius 3 is 2.52 bits per heavy atom. The fraction of sp³-hybridized carbons (Fsp3) is 0.150. The number of halogens is 4. The zero-order valence-electron chi connectivity index (χ0n) is 15.2. The Balaban J connectivity index is 1.88. The van der Waals surface area contributed by atoms with E-state index in [2.05, 4.69) is 15.3 Å². The lowest BCUT2D eigenvalue weighted by molar-refractivity contribution is -0.141. The molecule has 0 spiro atoms. The van der Waals surface area contributed by atoms with Crippen molar-refractivity contribution in [2.24, 2.45) is 0 Å². The summed E-state index contributed by atoms with van der Waals surface area (Å²) >= 11 is 5.87. The van der Waals surface area contributed by atoms with E-state index in [1.54, 1.807) is 42.5 Å². The molecule has 0 saturated heterocycles. The second-order valence-corrected chi connectivity index (χ2v) is 6.67. The second kappa shape index (κ2) is 8.48. The minimum atomic E-state index is -4.83. The summed E-state index contributed by atoms with van der Waals surface area (Å²) in [6.07, 6.45) is -3.95. The number of amides is 1. The van der Waals surface area contributed by atoms with Gasteiger partial charge in [-0.25, -0.2) is 9.97 Å². The molecule has 0 aliphatic carbocycles. The average Bonchev–Trinajstić information content (AvgIpc) is 2.67. The number of nitrogens with one attached hydrogen (secondary N) is 1. The lowest BCUT2D eigenvalue weighted by atomic mass is 10.1. The van der Waals surface area contributed by atoms with Crippen LogP contribution in [0.25, 0.3) is 0 Å². The van der Waals surface area contributed by atoms with E-state index in [-0.39, 0.29) is 12.5 Å². The Morgan fingerprint density at radius 1 is 1.14 bits per heavy atom. The number of carbonyl (C=O) groups is 1. The smallest absolute Gasteiger partial charge is 0.337 e. The zero-order valence-corrected chi connectivity index (χ0v) is 16.0. The third-order valence-electron chi connectivity index (χ3n) is 3.98. The van der Waals surface area contributed by atoms with E-state index in [0.29, 0.717) is 10.7 Å². The third-order valence-corrected chi connectivity index (χ3v) is 4.21. The molecule has 0 aliphatic heterocycles. The van der Waals surface area contributed by atoms with Crippen molar-refractivity contribution in [3.63, 3.8) is 0 Å². The first-order valence-electron chi connectivity index (χ1n) is 8.50. The van der Waals surface area contributed by atoms with Crippen LogP contribution in [-0.2, 0) is 12.7 Å². The minimum Gasteiger partial charge on any atom is -0.337 e. The molecule has 1 N–H and O–H groups in total. The molecule has 3 aromatic rings. The number of benzene rings is 2. The maximum absolute atomic E-state index is 13.6. The average molecular weight is 421 g/mol. The Morgan fingerprint density at radius 2 is 1.86 bits per heavy atom. The summed E-state index contributed by atoms with van der Waals surface area (Å²) in [5.74, 6) is -1.11. The van der Waals surface area contributed by atoms with Gasteiger partial charge in [-0.1, -0.05) is 48.0 Å². The molecule has 29 heavy (non-hydrogen) atoms. The van der Waals surface area contributed by atoms with Gasteiger partial charge in [0.2, 0.25) is 5.95 Å². The van der Waals surface area contributed by atoms with Crippen LogP contribution in [0.4, 0.5) is 24.8 Å². The summed E-state index contributed by atoms with van der Waals surface area (Å²) in [5, 5.41) is 3.06. The molecule has 0 saturated carbocycles. The van der Waals surface area contributed by atoms with Gasteiger partial charge in [0.05, 0.1) is 5.56 Å². The molecule has 9 heteroatoms. The van der Waals surface area contributed by atoms with Crippen LogP contribution in [0.15, 0.2) is 60.8 Å². The number of anilines is 2. The molecule has 150 valence electrons. The van der Waals surface area contributed by atoms with Crippen molar-refractivity contribution in [1.82, 2.24) is 14.9 Å². The van der Waals surface area contributed by atoms with Crippen molar-refractivity contribution < 1.29 is 18.0 Å². The van der Waals surface area contributed by atoms with E-state index >= 15 is 0 Å². The highest BCUT2D eigenvalue weighted by molar-refractivity contribution is 6.30. The van der Waals surface area contributed by atoms with E-state index in [1.807, 2.05) is 6.07 Å². The van der Waals surface area contributed by atoms with Crippen LogP contribution in [0.2, 0.25) is 5.02 Å². The van der Waals surface area contributed by atoms with E-state index in [1.165, 1.54) is 18.0 Å². The number of alkyl halides is 3. The van der Waals surface area contributed by atoms with Gasteiger partial charge >= 0.3 is 6.18 Å². The predicted molar refractivity (Wildman–Crippen MR) is 104 cm³/mol. The summed E-state index contributed by atoms with van der Waals surface area (Å²) in [4.78, 5) is 21.2. The quantitative estimate of drug-likeness (QED) is 0.619. The van der Waals surface area contributed by atoms with Crippen LogP contribution < -0.4 is 5.32 Å². The van der Waals surface area contributed by atoms with Gasteiger partial charge in [0.25, 0.3) is 5.91 Å². The van der Waals surface area contributed by atoms with Gasteiger partial charge < -0.3 is 10.2 Å². The first-order valence-corrected chi connectivity index (χ1v) is 8.88. The van der Waals surface area contributed by atoms with Gasteiger partial charge in [0, 0.05) is 30.5 Å². The number of rotatable bonds is 5. The molecule has 5 nitrogen and oxygen atoms in total. The lowest BCUT2D eigenvalue weighted by Crippen LogP contribution is -2.29. The Kier molecular flexibility index (Phi) is 6.03. The van der Waals surface area contributed by atoms with Crippen molar-refractivity contribution in [2.75, 3.05) is 12.4 Å². The van der Waals surface area contributed by atoms with Crippen LogP contribution in [-0.4, -0.2) is 27.8 Å². The molecule has 0 bridgehead atoms. The molecule has 0 radical (unpaired) electrons. The number of carbonyl (C=O) groups excluding carboxylic acids is 1. The predicted octanol–water partition coefficient (Wildman–Crippen LogP) is 5.16. The van der Waals surface area contributed by atoms with Gasteiger partial charge in [-0.2, -0.15) is 13.2 Å². The van der Waals surface area contributed by atoms with Crippen LogP contribution in [0.1, 0.15) is 21.6 Å². The molecule has 0 fully saturated rings. The van der Waals surface area contributed by atoms with Crippen LogP contribution in [0.5, 0.6) is 0 Å². The Labute approximate surface area is 170 Å². The van der Waals surface area contributed by atoms with Crippen molar-refractivity contribution >= 4 is 29.1 Å². The first kappa shape index (κ1) is 20.6. The zero-order chi connectivity index (χ0) is 21.0. The van der Waals surface area contributed by atoms with Crippen LogP contribution >= 0.6 is 11.6 Å². The van der Waals surface area contributed by atoms with E-state index in [4.69, 9.17) is 11.6 Å². The highest BCUT2D eigenvalue weighted by Gasteiger charge is 2.38. The molecule has 0 unspecified atom stereocenters. The largest absolute Gasteiger partial charge is 0.434 e. The van der Waals surface area contributed by atoms with Crippen molar-refractivity contribution in [1.29, 1.82) is 0 Å². The van der Waals surface area contributed by atoms with Gasteiger partial charge in [-0.3, -0.25) is 4.79 Å². The summed E-state index contributed by atoms with van der Waals surface area (Å²) in [6, 6.07) is 15.3. The summed E-state index contributed by atoms with van der Waals surface area (Å²) in [6.45, 7) is 0.152. The number of hydrogen-bond donors (Lipinski definition) is 1. The molecular formula is C20H16ClF3N4O. The van der Waals surface area contributed by atoms with Gasteiger partial charge in [-0.05, 0) is 23.8 Å². The second-order valence-electron chi connectivity index (χ2n) is 6.24. The number of hydrogen-bond acceptors (Lipinski definition) is 4. The summed E-state index contributed by atoms with van der Waals surface area (Å²) < 4.78 is 40.7. The molecule has 2 aromatic carbocycles. The fourth-order valence-corrected chi connectivity index (χ4v) is 2.83. The normalized spacial score (nSPS) is 11.2. The SMILES string of the molecule is CN(Cc1ccccc1)C(=O)c1cnc(Nc2cccc(Cl)c2)nc1C(F)(F)F. The summed E-state index contributed by atoms with van der Waals surface area (Å²) in [7, 11) is 1.42. The molecule has 0 atom stereocenters. The maximum atomic E-state index is 13.6. The maximum Gasteiger partial charge on any atom is 0.434 e. The monoisotopic (exact) mass is 420 g/mol. The molecule has 1 heterocycles. The van der Waals surface area contributed by atoms with Crippen molar-refractivity contribution in [3.8, 4) is 0 Å². The van der Waals surface area contributed by atoms with Gasteiger partial charge in [0.15, 0.2) is 5.69 Å². The molecule has 3 rings (SSSR count). The number of aromatic nitrogens is 2. The topological polar surface area (TPSA) is 58.1 Å². The standard InChI is InChI=1S/C20H16ClF3N4O/c1-28(12-13-6-3-2-4-7-13)18(29)16-11-25-19(27-17(16)20(22,23)24)26-15-9-5-8-14(21)10-15/h2-11H,12H2,1H3,(H,25,26,27). The highest BCUT2D eigenvalue weighted by atomic mass is 35.5. The Hall–Kier alpha value is -3.13. The minimum absolute atomic E-state index is 0.152. The van der Waals surface area contributed by atoms with Crippen molar-refractivity contribution in [2.45, 2.75) is 12.7 Å². The highest BCUT2D eigenvalue weighted by Crippen LogP contribution is 2.32. The lowest BCUT2D eigenvalue weighted by Gasteiger charge is -2.20. The molecule has 0 aliphatic rings. The van der Waals surface area contributed by atoms with E-state index < -0.39 is 23.3 Å². The fourth-order valence-electron chi connectivity index (χ4n) is 2.64. The summed E-state index contributed by atoms with van der Waals surface area (Å²) in [5.41, 5.74) is -0.711. The number of nitrogens with zero attached hydrogens (tertiary/aromatic N) is 3. The molecule has 1 amide bonds. The van der Waals surface area contributed by atoms with Crippen LogP contribution in [0, 0.1) is 0 Å². The third kappa shape index (κ3) is 5.23. The van der Waals surface area contributed by atoms with E-state index in [0.717, 1.165) is 11.8 Å². The van der Waals surface area contributed by atoms with E-state index in [9.17, 15) is 18.0 Å². The van der Waals surface area contributed by atoms with Crippen molar-refractivity contribution in [3.05, 3.63) is 82.6 Å². The van der Waals surface area contributed by atoms with Gasteiger partial charge in [0.1, 0.15) is 0 Å². The Bertz CT molecular complexity index is 1010. The van der Waals surface area contributed by atoms with Gasteiger partial charge in [-0.15, -0.1) is 0 Å². The van der Waals surface area contributed by atoms with Crippen LogP contribution in [0.3, 0.4) is 0 Å².